The van der Waals surface area contributed by atoms with Crippen LogP contribution >= 0.6 is 0 Å². The fraction of sp³-hybridized carbons (Fsp3) is 1.00. The second kappa shape index (κ2) is 4.21. The molecule has 0 aromatic heterocycles. The van der Waals surface area contributed by atoms with E-state index in [-0.39, 0.29) is 5.41 Å². The first kappa shape index (κ1) is 9.96. The lowest BCUT2D eigenvalue weighted by Crippen LogP contribution is -2.29. The summed E-state index contributed by atoms with van der Waals surface area (Å²) in [6.45, 7) is 6.33. The molecule has 72 valence electrons. The largest absolute Gasteiger partial charge is 0.396 e. The van der Waals surface area contributed by atoms with E-state index < -0.39 is 0 Å². The van der Waals surface area contributed by atoms with Gasteiger partial charge < -0.3 is 14.7 Å². The molecular weight excluding hydrogens is 154 g/mol. The van der Waals surface area contributed by atoms with Crippen molar-refractivity contribution in [2.75, 3.05) is 40.0 Å². The van der Waals surface area contributed by atoms with Gasteiger partial charge in [0.05, 0.1) is 6.61 Å². The van der Waals surface area contributed by atoms with Crippen molar-refractivity contribution < 1.29 is 9.84 Å². The Balaban J connectivity index is 2.25. The van der Waals surface area contributed by atoms with E-state index in [0.29, 0.717) is 6.61 Å². The van der Waals surface area contributed by atoms with Crippen molar-refractivity contribution in [3.63, 3.8) is 0 Å². The highest BCUT2D eigenvalue weighted by molar-refractivity contribution is 4.85. The monoisotopic (exact) mass is 173 g/mol. The minimum Gasteiger partial charge on any atom is -0.396 e. The third-order valence-electron chi connectivity index (χ3n) is 2.63. The van der Waals surface area contributed by atoms with Gasteiger partial charge in [0.15, 0.2) is 0 Å². The van der Waals surface area contributed by atoms with Gasteiger partial charge >= 0.3 is 0 Å². The van der Waals surface area contributed by atoms with Gasteiger partial charge in [-0.3, -0.25) is 0 Å². The fourth-order valence-electron chi connectivity index (χ4n) is 1.67. The van der Waals surface area contributed by atoms with E-state index in [1.807, 2.05) is 0 Å². The van der Waals surface area contributed by atoms with E-state index in [4.69, 9.17) is 9.84 Å². The molecule has 0 spiro atoms. The Kier molecular flexibility index (Phi) is 3.50. The molecule has 1 rings (SSSR count). The average Bonchev–Trinajstić information content (AvgIpc) is 2.45. The number of nitrogens with zero attached hydrogens (tertiary/aromatic N) is 1. The third-order valence-corrected chi connectivity index (χ3v) is 2.63. The summed E-state index contributed by atoms with van der Waals surface area (Å²) in [5.74, 6) is 0. The molecule has 0 bridgehead atoms. The lowest BCUT2D eigenvalue weighted by molar-refractivity contribution is 0.127. The molecule has 3 nitrogen and oxygen atoms in total. The van der Waals surface area contributed by atoms with Crippen LogP contribution in [-0.2, 0) is 4.74 Å². The average molecular weight is 173 g/mol. The highest BCUT2D eigenvalue weighted by Gasteiger charge is 2.32. The molecule has 0 aliphatic carbocycles. The van der Waals surface area contributed by atoms with E-state index in [1.165, 1.54) is 0 Å². The molecule has 1 atom stereocenters. The summed E-state index contributed by atoms with van der Waals surface area (Å²) in [4.78, 5) is 2.35. The van der Waals surface area contributed by atoms with Crippen LogP contribution in [0.25, 0.3) is 0 Å². The van der Waals surface area contributed by atoms with Crippen LogP contribution in [0, 0.1) is 5.41 Å². The highest BCUT2D eigenvalue weighted by atomic mass is 16.5. The van der Waals surface area contributed by atoms with Crippen molar-refractivity contribution in [3.8, 4) is 0 Å². The molecule has 3 heteroatoms. The molecule has 0 aromatic carbocycles. The number of aliphatic hydroxyl groups is 1. The molecule has 1 fully saturated rings. The molecule has 1 heterocycles. The van der Waals surface area contributed by atoms with Crippen molar-refractivity contribution in [2.24, 2.45) is 5.41 Å². The lowest BCUT2D eigenvalue weighted by atomic mass is 9.91. The van der Waals surface area contributed by atoms with Crippen molar-refractivity contribution >= 4 is 0 Å². The number of rotatable bonds is 4. The first-order chi connectivity index (χ1) is 5.70. The van der Waals surface area contributed by atoms with Gasteiger partial charge in [-0.25, -0.2) is 0 Å². The Morgan fingerprint density at radius 2 is 2.33 bits per heavy atom. The van der Waals surface area contributed by atoms with Crippen LogP contribution in [0.15, 0.2) is 0 Å². The van der Waals surface area contributed by atoms with E-state index >= 15 is 0 Å². The van der Waals surface area contributed by atoms with Crippen LogP contribution in [0.1, 0.15) is 13.3 Å². The maximum atomic E-state index is 9.11. The maximum Gasteiger partial charge on any atom is 0.0589 e. The smallest absolute Gasteiger partial charge is 0.0589 e. The second-order valence-electron chi connectivity index (χ2n) is 3.99. The van der Waals surface area contributed by atoms with Crippen LogP contribution in [0.4, 0.5) is 0 Å². The van der Waals surface area contributed by atoms with Crippen LogP contribution in [-0.4, -0.2) is 50.0 Å². The Bertz CT molecular complexity index is 138. The van der Waals surface area contributed by atoms with Crippen molar-refractivity contribution in [3.05, 3.63) is 0 Å². The van der Waals surface area contributed by atoms with Gasteiger partial charge in [0.1, 0.15) is 0 Å². The number of aliphatic hydroxyl groups excluding tert-OH is 1. The van der Waals surface area contributed by atoms with Gasteiger partial charge in [0.2, 0.25) is 0 Å². The molecule has 0 saturated carbocycles. The predicted octanol–water partition coefficient (Wildman–Crippen LogP) is 0.337. The summed E-state index contributed by atoms with van der Waals surface area (Å²) >= 11 is 0. The van der Waals surface area contributed by atoms with Crippen LogP contribution in [0.5, 0.6) is 0 Å². The van der Waals surface area contributed by atoms with Gasteiger partial charge in [0, 0.05) is 32.2 Å². The molecule has 0 radical (unpaired) electrons. The number of hydrogen-bond acceptors (Lipinski definition) is 3. The summed E-state index contributed by atoms with van der Waals surface area (Å²) in [6.07, 6.45) is 1.10. The predicted molar refractivity (Wildman–Crippen MR) is 48.1 cm³/mol. The van der Waals surface area contributed by atoms with Crippen LogP contribution in [0.2, 0.25) is 0 Å². The summed E-state index contributed by atoms with van der Waals surface area (Å²) < 4.78 is 5.00. The summed E-state index contributed by atoms with van der Waals surface area (Å²) in [5.41, 5.74) is 0.133. The summed E-state index contributed by atoms with van der Waals surface area (Å²) in [6, 6.07) is 0. The number of likely N-dealkylation sites (tertiary alicyclic amines) is 1. The Morgan fingerprint density at radius 3 is 2.83 bits per heavy atom. The van der Waals surface area contributed by atoms with E-state index in [2.05, 4.69) is 11.8 Å². The molecule has 0 unspecified atom stereocenters. The zero-order valence-electron chi connectivity index (χ0n) is 8.05. The molecular formula is C9H19NO2. The number of ether oxygens (including phenoxy) is 1. The van der Waals surface area contributed by atoms with Crippen molar-refractivity contribution in [1.82, 2.24) is 4.90 Å². The van der Waals surface area contributed by atoms with Crippen LogP contribution in [0.3, 0.4) is 0 Å². The Labute approximate surface area is 74.3 Å². The minimum atomic E-state index is 0.133. The van der Waals surface area contributed by atoms with Crippen LogP contribution < -0.4 is 0 Å². The molecule has 1 aliphatic rings. The van der Waals surface area contributed by atoms with E-state index in [9.17, 15) is 0 Å². The van der Waals surface area contributed by atoms with Gasteiger partial charge in [-0.1, -0.05) is 6.92 Å². The second-order valence-corrected chi connectivity index (χ2v) is 3.99. The molecule has 1 N–H and O–H groups in total. The maximum absolute atomic E-state index is 9.11. The summed E-state index contributed by atoms with van der Waals surface area (Å²) in [7, 11) is 1.72. The first-order valence-electron chi connectivity index (χ1n) is 4.52. The van der Waals surface area contributed by atoms with E-state index in [1.54, 1.807) is 7.11 Å². The van der Waals surface area contributed by atoms with Gasteiger partial charge in [-0.15, -0.1) is 0 Å². The molecule has 0 aromatic rings. The molecule has 0 amide bonds. The third kappa shape index (κ3) is 2.44. The fourth-order valence-corrected chi connectivity index (χ4v) is 1.67. The quantitative estimate of drug-likeness (QED) is 0.665. The van der Waals surface area contributed by atoms with Gasteiger partial charge in [0.25, 0.3) is 0 Å². The van der Waals surface area contributed by atoms with Crippen molar-refractivity contribution in [2.45, 2.75) is 13.3 Å². The minimum absolute atomic E-state index is 0.133. The molecule has 1 aliphatic heterocycles. The Morgan fingerprint density at radius 1 is 1.58 bits per heavy atom. The number of methoxy groups -OCH3 is 1. The normalized spacial score (nSPS) is 31.2. The standard InChI is InChI=1S/C9H19NO2/c1-9(8-11)3-4-10(7-9)5-6-12-2/h11H,3-8H2,1-2H3/t9-/m0/s1. The lowest BCUT2D eigenvalue weighted by Gasteiger charge is -2.21. The number of hydrogen-bond donors (Lipinski definition) is 1. The topological polar surface area (TPSA) is 32.7 Å². The highest BCUT2D eigenvalue weighted by Crippen LogP contribution is 2.28. The zero-order chi connectivity index (χ0) is 9.03. The summed E-state index contributed by atoms with van der Waals surface area (Å²) in [5, 5.41) is 9.11. The molecule has 1 saturated heterocycles. The van der Waals surface area contributed by atoms with Crippen molar-refractivity contribution in [1.29, 1.82) is 0 Å². The van der Waals surface area contributed by atoms with Gasteiger partial charge in [-0.2, -0.15) is 0 Å². The molecule has 12 heavy (non-hydrogen) atoms. The Hall–Kier alpha value is -0.120. The first-order valence-corrected chi connectivity index (χ1v) is 4.52. The zero-order valence-corrected chi connectivity index (χ0v) is 8.05. The van der Waals surface area contributed by atoms with E-state index in [0.717, 1.165) is 32.7 Å². The SMILES string of the molecule is COCCN1CC[C@](C)(CO)C1. The van der Waals surface area contributed by atoms with Gasteiger partial charge in [-0.05, 0) is 13.0 Å².